The average Bonchev–Trinajstić information content (AvgIpc) is 2.64. The van der Waals surface area contributed by atoms with Crippen LogP contribution in [0.3, 0.4) is 0 Å². The molecule has 132 valence electrons. The molecule has 3 rings (SSSR count). The Morgan fingerprint density at radius 2 is 1.76 bits per heavy atom. The smallest absolute Gasteiger partial charge is 0.243 e. The van der Waals surface area contributed by atoms with Crippen molar-refractivity contribution in [2.24, 2.45) is 0 Å². The first kappa shape index (κ1) is 17.9. The number of amides is 1. The van der Waals surface area contributed by atoms with E-state index in [-0.39, 0.29) is 12.5 Å². The minimum absolute atomic E-state index is 0.133. The van der Waals surface area contributed by atoms with E-state index in [4.69, 9.17) is 23.2 Å². The molecule has 2 aromatic rings. The second kappa shape index (κ2) is 8.45. The van der Waals surface area contributed by atoms with E-state index in [0.717, 1.165) is 24.5 Å². The highest BCUT2D eigenvalue weighted by molar-refractivity contribution is 6.42. The Hall–Kier alpha value is -1.91. The molecule has 2 N–H and O–H groups in total. The van der Waals surface area contributed by atoms with E-state index in [2.05, 4.69) is 21.6 Å². The van der Waals surface area contributed by atoms with Crippen molar-refractivity contribution >= 4 is 46.2 Å². The number of rotatable bonds is 5. The molecule has 0 unspecified atom stereocenters. The number of para-hydroxylation sites is 2. The lowest BCUT2D eigenvalue weighted by Gasteiger charge is -2.30. The molecule has 0 aliphatic carbocycles. The maximum Gasteiger partial charge on any atom is 0.243 e. The Balaban J connectivity index is 1.61. The van der Waals surface area contributed by atoms with Crippen molar-refractivity contribution in [1.29, 1.82) is 0 Å². The van der Waals surface area contributed by atoms with Gasteiger partial charge in [0, 0.05) is 18.8 Å². The van der Waals surface area contributed by atoms with Gasteiger partial charge in [0.15, 0.2) is 0 Å². The first-order valence-corrected chi connectivity index (χ1v) is 9.22. The molecule has 25 heavy (non-hydrogen) atoms. The highest BCUT2D eigenvalue weighted by Gasteiger charge is 2.14. The van der Waals surface area contributed by atoms with Crippen molar-refractivity contribution in [1.82, 2.24) is 0 Å². The van der Waals surface area contributed by atoms with E-state index < -0.39 is 0 Å². The number of carbonyl (C=O) groups excluding carboxylic acids is 1. The largest absolute Gasteiger partial charge is 0.374 e. The molecule has 6 heteroatoms. The standard InChI is InChI=1S/C19H21Cl2N3O/c20-15-9-8-14(12-16(15)21)23-19(25)13-22-17-6-2-3-7-18(17)24-10-4-1-5-11-24/h2-3,6-9,12,22H,1,4-5,10-11,13H2,(H,23,25). The molecule has 1 fully saturated rings. The third-order valence-electron chi connectivity index (χ3n) is 4.24. The summed E-state index contributed by atoms with van der Waals surface area (Å²) in [4.78, 5) is 14.6. The summed E-state index contributed by atoms with van der Waals surface area (Å²) in [6.45, 7) is 2.31. The zero-order valence-corrected chi connectivity index (χ0v) is 15.4. The number of nitrogens with one attached hydrogen (secondary N) is 2. The van der Waals surface area contributed by atoms with Crippen molar-refractivity contribution in [2.75, 3.05) is 35.2 Å². The zero-order valence-electron chi connectivity index (χ0n) is 13.9. The fraction of sp³-hybridized carbons (Fsp3) is 0.316. The molecule has 2 aromatic carbocycles. The summed E-state index contributed by atoms with van der Waals surface area (Å²) in [6, 6.07) is 13.2. The molecule has 0 atom stereocenters. The third kappa shape index (κ3) is 4.80. The maximum atomic E-state index is 12.2. The SMILES string of the molecule is O=C(CNc1ccccc1N1CCCCC1)Nc1ccc(Cl)c(Cl)c1. The van der Waals surface area contributed by atoms with Gasteiger partial charge in [-0.15, -0.1) is 0 Å². The molecule has 1 aliphatic rings. The number of carbonyl (C=O) groups is 1. The summed E-state index contributed by atoms with van der Waals surface area (Å²) in [5.41, 5.74) is 2.77. The quantitative estimate of drug-likeness (QED) is 0.767. The van der Waals surface area contributed by atoms with Crippen LogP contribution >= 0.6 is 23.2 Å². The maximum absolute atomic E-state index is 12.2. The van der Waals surface area contributed by atoms with Crippen LogP contribution in [-0.2, 0) is 4.79 Å². The molecule has 0 radical (unpaired) electrons. The molecule has 0 aromatic heterocycles. The topological polar surface area (TPSA) is 44.4 Å². The van der Waals surface area contributed by atoms with Gasteiger partial charge >= 0.3 is 0 Å². The fourth-order valence-corrected chi connectivity index (χ4v) is 3.29. The van der Waals surface area contributed by atoms with Gasteiger partial charge in [-0.3, -0.25) is 4.79 Å². The Kier molecular flexibility index (Phi) is 6.05. The zero-order chi connectivity index (χ0) is 17.6. The second-order valence-corrected chi connectivity index (χ2v) is 6.91. The molecular formula is C19H21Cl2N3O. The van der Waals surface area contributed by atoms with E-state index >= 15 is 0 Å². The molecule has 4 nitrogen and oxygen atoms in total. The lowest BCUT2D eigenvalue weighted by molar-refractivity contribution is -0.114. The van der Waals surface area contributed by atoms with Gasteiger partial charge < -0.3 is 15.5 Å². The van der Waals surface area contributed by atoms with Crippen LogP contribution < -0.4 is 15.5 Å². The number of piperidine rings is 1. The molecule has 1 saturated heterocycles. The van der Waals surface area contributed by atoms with Gasteiger partial charge in [0.2, 0.25) is 5.91 Å². The van der Waals surface area contributed by atoms with E-state index in [1.807, 2.05) is 18.2 Å². The number of anilines is 3. The first-order valence-electron chi connectivity index (χ1n) is 8.46. The van der Waals surface area contributed by atoms with Gasteiger partial charge in [-0.25, -0.2) is 0 Å². The summed E-state index contributed by atoms with van der Waals surface area (Å²) in [6.07, 6.45) is 3.72. The Labute approximate surface area is 158 Å². The van der Waals surface area contributed by atoms with Crippen molar-refractivity contribution in [2.45, 2.75) is 19.3 Å². The van der Waals surface area contributed by atoms with Crippen LogP contribution in [0.15, 0.2) is 42.5 Å². The van der Waals surface area contributed by atoms with Crippen molar-refractivity contribution in [3.8, 4) is 0 Å². The van der Waals surface area contributed by atoms with Crippen LogP contribution in [0.5, 0.6) is 0 Å². The molecular weight excluding hydrogens is 357 g/mol. The molecule has 1 heterocycles. The fourth-order valence-electron chi connectivity index (χ4n) is 2.99. The number of hydrogen-bond donors (Lipinski definition) is 2. The lowest BCUT2D eigenvalue weighted by Crippen LogP contribution is -2.30. The van der Waals surface area contributed by atoms with Crippen LogP contribution in [0, 0.1) is 0 Å². The van der Waals surface area contributed by atoms with Crippen LogP contribution in [0.4, 0.5) is 17.1 Å². The molecule has 0 spiro atoms. The predicted octanol–water partition coefficient (Wildman–Crippen LogP) is 5.03. The Morgan fingerprint density at radius 3 is 2.52 bits per heavy atom. The predicted molar refractivity (Wildman–Crippen MR) is 106 cm³/mol. The van der Waals surface area contributed by atoms with E-state index in [0.29, 0.717) is 15.7 Å². The van der Waals surface area contributed by atoms with Crippen molar-refractivity contribution in [3.05, 3.63) is 52.5 Å². The minimum atomic E-state index is -0.133. The third-order valence-corrected chi connectivity index (χ3v) is 4.98. The number of nitrogens with zero attached hydrogens (tertiary/aromatic N) is 1. The summed E-state index contributed by atoms with van der Waals surface area (Å²) in [5, 5.41) is 6.95. The van der Waals surface area contributed by atoms with Gasteiger partial charge in [-0.2, -0.15) is 0 Å². The van der Waals surface area contributed by atoms with Gasteiger partial charge in [-0.1, -0.05) is 35.3 Å². The molecule has 1 aliphatic heterocycles. The summed E-state index contributed by atoms with van der Waals surface area (Å²) in [7, 11) is 0. The van der Waals surface area contributed by atoms with Gasteiger partial charge in [0.25, 0.3) is 0 Å². The van der Waals surface area contributed by atoms with Crippen LogP contribution in [0.2, 0.25) is 10.0 Å². The van der Waals surface area contributed by atoms with Gasteiger partial charge in [0.1, 0.15) is 0 Å². The normalized spacial score (nSPS) is 14.2. The number of hydrogen-bond acceptors (Lipinski definition) is 3. The second-order valence-electron chi connectivity index (χ2n) is 6.10. The highest BCUT2D eigenvalue weighted by atomic mass is 35.5. The van der Waals surface area contributed by atoms with Crippen molar-refractivity contribution in [3.63, 3.8) is 0 Å². The first-order chi connectivity index (χ1) is 12.1. The number of halogens is 2. The summed E-state index contributed by atoms with van der Waals surface area (Å²) >= 11 is 11.9. The molecule has 0 bridgehead atoms. The molecule has 0 saturated carbocycles. The molecule has 1 amide bonds. The van der Waals surface area contributed by atoms with E-state index in [1.165, 1.54) is 19.3 Å². The van der Waals surface area contributed by atoms with E-state index in [1.54, 1.807) is 18.2 Å². The van der Waals surface area contributed by atoms with Crippen LogP contribution in [0.25, 0.3) is 0 Å². The van der Waals surface area contributed by atoms with Crippen LogP contribution in [-0.4, -0.2) is 25.5 Å². The Bertz CT molecular complexity index is 745. The lowest BCUT2D eigenvalue weighted by atomic mass is 10.1. The highest BCUT2D eigenvalue weighted by Crippen LogP contribution is 2.28. The number of benzene rings is 2. The minimum Gasteiger partial charge on any atom is -0.374 e. The van der Waals surface area contributed by atoms with Gasteiger partial charge in [0.05, 0.1) is 28.0 Å². The van der Waals surface area contributed by atoms with Crippen LogP contribution in [0.1, 0.15) is 19.3 Å². The summed E-state index contributed by atoms with van der Waals surface area (Å²) < 4.78 is 0. The van der Waals surface area contributed by atoms with Gasteiger partial charge in [-0.05, 0) is 49.6 Å². The summed E-state index contributed by atoms with van der Waals surface area (Å²) in [5.74, 6) is -0.133. The van der Waals surface area contributed by atoms with Crippen molar-refractivity contribution < 1.29 is 4.79 Å². The average molecular weight is 378 g/mol. The monoisotopic (exact) mass is 377 g/mol. The van der Waals surface area contributed by atoms with E-state index in [9.17, 15) is 4.79 Å². The Morgan fingerprint density at radius 1 is 1.00 bits per heavy atom.